The SMILES string of the molecule is CNc1ccc(C)cc1Sc1ccc([N+](=O)[O-])cc1Cl. The third-order valence-electron chi connectivity index (χ3n) is 2.75. The molecule has 0 spiro atoms. The molecule has 104 valence electrons. The third-order valence-corrected chi connectivity index (χ3v) is 4.31. The Kier molecular flexibility index (Phi) is 4.52. The van der Waals surface area contributed by atoms with Crippen LogP contribution in [-0.2, 0) is 0 Å². The first-order chi connectivity index (χ1) is 9.51. The van der Waals surface area contributed by atoms with Crippen LogP contribution in [0.3, 0.4) is 0 Å². The van der Waals surface area contributed by atoms with Gasteiger partial charge >= 0.3 is 0 Å². The van der Waals surface area contributed by atoms with E-state index in [9.17, 15) is 10.1 Å². The average molecular weight is 309 g/mol. The number of benzene rings is 2. The second kappa shape index (κ2) is 6.15. The number of halogens is 1. The molecule has 0 heterocycles. The summed E-state index contributed by atoms with van der Waals surface area (Å²) in [6.45, 7) is 2.01. The summed E-state index contributed by atoms with van der Waals surface area (Å²) >= 11 is 7.60. The highest BCUT2D eigenvalue weighted by Crippen LogP contribution is 2.38. The quantitative estimate of drug-likeness (QED) is 0.654. The first-order valence-electron chi connectivity index (χ1n) is 5.91. The molecule has 0 saturated heterocycles. The van der Waals surface area contributed by atoms with Crippen LogP contribution in [-0.4, -0.2) is 12.0 Å². The number of hydrogen-bond acceptors (Lipinski definition) is 4. The van der Waals surface area contributed by atoms with Gasteiger partial charge in [0.15, 0.2) is 0 Å². The fourth-order valence-electron chi connectivity index (χ4n) is 1.73. The molecule has 6 heteroatoms. The molecule has 0 aliphatic carbocycles. The van der Waals surface area contributed by atoms with E-state index < -0.39 is 4.92 Å². The van der Waals surface area contributed by atoms with Crippen LogP contribution in [0.15, 0.2) is 46.2 Å². The van der Waals surface area contributed by atoms with Gasteiger partial charge in [0.1, 0.15) is 0 Å². The maximum absolute atomic E-state index is 10.7. The van der Waals surface area contributed by atoms with E-state index in [-0.39, 0.29) is 5.69 Å². The lowest BCUT2D eigenvalue weighted by Gasteiger charge is -2.10. The molecule has 0 radical (unpaired) electrons. The van der Waals surface area contributed by atoms with Crippen molar-refractivity contribution in [2.45, 2.75) is 16.7 Å². The predicted molar refractivity (Wildman–Crippen MR) is 83.0 cm³/mol. The Morgan fingerprint density at radius 2 is 1.95 bits per heavy atom. The molecule has 0 amide bonds. The van der Waals surface area contributed by atoms with Gasteiger partial charge < -0.3 is 5.32 Å². The molecule has 0 saturated carbocycles. The summed E-state index contributed by atoms with van der Waals surface area (Å²) in [5.74, 6) is 0. The van der Waals surface area contributed by atoms with Crippen LogP contribution < -0.4 is 5.32 Å². The van der Waals surface area contributed by atoms with E-state index in [0.29, 0.717) is 5.02 Å². The van der Waals surface area contributed by atoms with Gasteiger partial charge in [0, 0.05) is 34.7 Å². The van der Waals surface area contributed by atoms with Crippen molar-refractivity contribution < 1.29 is 4.92 Å². The normalized spacial score (nSPS) is 10.3. The number of nitrogens with zero attached hydrogens (tertiary/aromatic N) is 1. The average Bonchev–Trinajstić information content (AvgIpc) is 2.41. The van der Waals surface area contributed by atoms with Crippen molar-refractivity contribution in [2.24, 2.45) is 0 Å². The smallest absolute Gasteiger partial charge is 0.270 e. The van der Waals surface area contributed by atoms with E-state index in [2.05, 4.69) is 5.32 Å². The molecular formula is C14H13ClN2O2S. The first kappa shape index (κ1) is 14.7. The van der Waals surface area contributed by atoms with Crippen molar-refractivity contribution in [1.29, 1.82) is 0 Å². The molecule has 2 rings (SSSR count). The highest BCUT2D eigenvalue weighted by molar-refractivity contribution is 7.99. The van der Waals surface area contributed by atoms with E-state index in [1.165, 1.54) is 23.9 Å². The molecule has 0 bridgehead atoms. The van der Waals surface area contributed by atoms with Gasteiger partial charge in [0.2, 0.25) is 0 Å². The van der Waals surface area contributed by atoms with Gasteiger partial charge in [-0.25, -0.2) is 0 Å². The van der Waals surface area contributed by atoms with Crippen LogP contribution in [0.2, 0.25) is 5.02 Å². The Morgan fingerprint density at radius 3 is 2.55 bits per heavy atom. The van der Waals surface area contributed by atoms with Crippen molar-refractivity contribution in [3.8, 4) is 0 Å². The fraction of sp³-hybridized carbons (Fsp3) is 0.143. The summed E-state index contributed by atoms with van der Waals surface area (Å²) in [4.78, 5) is 12.1. The standard InChI is InChI=1S/C14H13ClN2O2S/c1-9-3-5-12(16-2)14(7-9)20-13-6-4-10(17(18)19)8-11(13)15/h3-8,16H,1-2H3. The first-order valence-corrected chi connectivity index (χ1v) is 7.11. The van der Waals surface area contributed by atoms with Crippen molar-refractivity contribution in [2.75, 3.05) is 12.4 Å². The maximum atomic E-state index is 10.7. The van der Waals surface area contributed by atoms with Gasteiger partial charge in [-0.2, -0.15) is 0 Å². The van der Waals surface area contributed by atoms with Crippen molar-refractivity contribution in [3.05, 3.63) is 57.1 Å². The summed E-state index contributed by atoms with van der Waals surface area (Å²) in [5.41, 5.74) is 2.14. The summed E-state index contributed by atoms with van der Waals surface area (Å²) in [7, 11) is 1.85. The summed E-state index contributed by atoms with van der Waals surface area (Å²) < 4.78 is 0. The number of nitrogens with one attached hydrogen (secondary N) is 1. The monoisotopic (exact) mass is 308 g/mol. The van der Waals surface area contributed by atoms with E-state index in [1.807, 2.05) is 32.2 Å². The Morgan fingerprint density at radius 1 is 1.20 bits per heavy atom. The van der Waals surface area contributed by atoms with Crippen LogP contribution in [0.4, 0.5) is 11.4 Å². The molecule has 4 nitrogen and oxygen atoms in total. The Bertz CT molecular complexity index is 662. The molecule has 0 aliphatic rings. The zero-order valence-electron chi connectivity index (χ0n) is 11.0. The van der Waals surface area contributed by atoms with Gasteiger partial charge in [-0.3, -0.25) is 10.1 Å². The number of hydrogen-bond donors (Lipinski definition) is 1. The minimum absolute atomic E-state index is 0.00238. The highest BCUT2D eigenvalue weighted by Gasteiger charge is 2.12. The second-order valence-corrected chi connectivity index (χ2v) is 5.71. The second-order valence-electron chi connectivity index (χ2n) is 4.22. The number of aryl methyl sites for hydroxylation is 1. The Hall–Kier alpha value is -1.72. The minimum Gasteiger partial charge on any atom is -0.387 e. The van der Waals surface area contributed by atoms with Crippen molar-refractivity contribution in [3.63, 3.8) is 0 Å². The largest absolute Gasteiger partial charge is 0.387 e. The topological polar surface area (TPSA) is 55.2 Å². The van der Waals surface area contributed by atoms with Gasteiger partial charge in [0.25, 0.3) is 5.69 Å². The number of anilines is 1. The molecule has 2 aromatic rings. The number of nitro benzene ring substituents is 1. The Labute approximate surface area is 126 Å². The van der Waals surface area contributed by atoms with Crippen LogP contribution >= 0.6 is 23.4 Å². The fourth-order valence-corrected chi connectivity index (χ4v) is 3.07. The Balaban J connectivity index is 2.35. The number of nitro groups is 1. The van der Waals surface area contributed by atoms with E-state index in [4.69, 9.17) is 11.6 Å². The zero-order chi connectivity index (χ0) is 14.7. The van der Waals surface area contributed by atoms with Gasteiger partial charge in [0.05, 0.1) is 9.95 Å². The van der Waals surface area contributed by atoms with Crippen LogP contribution in [0.5, 0.6) is 0 Å². The van der Waals surface area contributed by atoms with Gasteiger partial charge in [-0.1, -0.05) is 29.4 Å². The molecule has 0 atom stereocenters. The molecular weight excluding hydrogens is 296 g/mol. The molecule has 0 aliphatic heterocycles. The number of rotatable bonds is 4. The van der Waals surface area contributed by atoms with Gasteiger partial charge in [-0.15, -0.1) is 0 Å². The van der Waals surface area contributed by atoms with E-state index in [1.54, 1.807) is 6.07 Å². The van der Waals surface area contributed by atoms with Gasteiger partial charge in [-0.05, 0) is 30.7 Å². The number of non-ortho nitro benzene ring substituents is 1. The summed E-state index contributed by atoms with van der Waals surface area (Å²) in [6, 6.07) is 10.6. The summed E-state index contributed by atoms with van der Waals surface area (Å²) in [6.07, 6.45) is 0. The predicted octanol–water partition coefficient (Wildman–Crippen LogP) is 4.75. The van der Waals surface area contributed by atoms with E-state index in [0.717, 1.165) is 21.0 Å². The molecule has 1 N–H and O–H groups in total. The molecule has 0 aromatic heterocycles. The summed E-state index contributed by atoms with van der Waals surface area (Å²) in [5, 5.41) is 14.2. The molecule has 0 unspecified atom stereocenters. The molecule has 20 heavy (non-hydrogen) atoms. The lowest BCUT2D eigenvalue weighted by Crippen LogP contribution is -1.92. The van der Waals surface area contributed by atoms with Crippen LogP contribution in [0, 0.1) is 17.0 Å². The van der Waals surface area contributed by atoms with Crippen LogP contribution in [0.25, 0.3) is 0 Å². The molecule has 0 fully saturated rings. The maximum Gasteiger partial charge on any atom is 0.270 e. The van der Waals surface area contributed by atoms with E-state index >= 15 is 0 Å². The lowest BCUT2D eigenvalue weighted by molar-refractivity contribution is -0.384. The zero-order valence-corrected chi connectivity index (χ0v) is 12.6. The lowest BCUT2D eigenvalue weighted by atomic mass is 10.2. The van der Waals surface area contributed by atoms with Crippen molar-refractivity contribution in [1.82, 2.24) is 0 Å². The molecule has 2 aromatic carbocycles. The third kappa shape index (κ3) is 3.23. The highest BCUT2D eigenvalue weighted by atomic mass is 35.5. The minimum atomic E-state index is -0.452. The van der Waals surface area contributed by atoms with Crippen molar-refractivity contribution >= 4 is 34.7 Å². The van der Waals surface area contributed by atoms with Crippen LogP contribution in [0.1, 0.15) is 5.56 Å².